The van der Waals surface area contributed by atoms with E-state index in [9.17, 15) is 0 Å². The lowest BCUT2D eigenvalue weighted by Gasteiger charge is -2.23. The highest BCUT2D eigenvalue weighted by Crippen LogP contribution is 2.23. The van der Waals surface area contributed by atoms with E-state index in [-0.39, 0.29) is 0 Å². The van der Waals surface area contributed by atoms with Crippen LogP contribution in [0.4, 0.5) is 0 Å². The van der Waals surface area contributed by atoms with Crippen LogP contribution in [0.25, 0.3) is 10.8 Å². The molecule has 0 aliphatic heterocycles. The Bertz CT molecular complexity index is 866. The standard InChI is InChI=1S/C21H25BrN4/c1-16-5-4-10-24-20(16)14-26(12-3-2-9-23)15-21-19-7-6-18(22)13-17(19)8-11-25-21/h4-8,10-11,13H,2-3,9,12,14-15,23H2,1H3. The van der Waals surface area contributed by atoms with Gasteiger partial charge in [-0.1, -0.05) is 28.1 Å². The third kappa shape index (κ3) is 4.87. The summed E-state index contributed by atoms with van der Waals surface area (Å²) in [6, 6.07) is 12.5. The lowest BCUT2D eigenvalue weighted by atomic mass is 10.1. The summed E-state index contributed by atoms with van der Waals surface area (Å²) in [7, 11) is 0. The molecule has 3 aromatic rings. The van der Waals surface area contributed by atoms with Gasteiger partial charge < -0.3 is 5.73 Å². The normalized spacial score (nSPS) is 11.4. The molecule has 4 nitrogen and oxygen atoms in total. The molecule has 136 valence electrons. The second kappa shape index (κ2) is 9.21. The predicted molar refractivity (Wildman–Crippen MR) is 111 cm³/mol. The summed E-state index contributed by atoms with van der Waals surface area (Å²) < 4.78 is 1.09. The topological polar surface area (TPSA) is 55.0 Å². The van der Waals surface area contributed by atoms with Crippen LogP contribution in [0, 0.1) is 6.92 Å². The van der Waals surface area contributed by atoms with E-state index in [2.05, 4.69) is 68.1 Å². The molecule has 1 aromatic carbocycles. The lowest BCUT2D eigenvalue weighted by Crippen LogP contribution is -2.26. The second-order valence-electron chi connectivity index (χ2n) is 6.60. The van der Waals surface area contributed by atoms with Crippen molar-refractivity contribution >= 4 is 26.7 Å². The van der Waals surface area contributed by atoms with Gasteiger partial charge in [0.05, 0.1) is 11.4 Å². The highest BCUT2D eigenvalue weighted by molar-refractivity contribution is 9.10. The van der Waals surface area contributed by atoms with Crippen molar-refractivity contribution in [3.05, 3.63) is 70.2 Å². The fourth-order valence-corrected chi connectivity index (χ4v) is 3.52. The van der Waals surface area contributed by atoms with Crippen LogP contribution in [0.2, 0.25) is 0 Å². The fraction of sp³-hybridized carbons (Fsp3) is 0.333. The molecule has 26 heavy (non-hydrogen) atoms. The van der Waals surface area contributed by atoms with Gasteiger partial charge in [-0.25, -0.2) is 0 Å². The molecule has 0 bridgehead atoms. The van der Waals surface area contributed by atoms with Gasteiger partial charge in [0.2, 0.25) is 0 Å². The van der Waals surface area contributed by atoms with Crippen molar-refractivity contribution < 1.29 is 0 Å². The van der Waals surface area contributed by atoms with E-state index in [1.165, 1.54) is 16.3 Å². The number of pyridine rings is 2. The number of fused-ring (bicyclic) bond motifs is 1. The summed E-state index contributed by atoms with van der Waals surface area (Å²) in [4.78, 5) is 11.7. The predicted octanol–water partition coefficient (Wildman–Crippen LogP) is 4.44. The number of halogens is 1. The summed E-state index contributed by atoms with van der Waals surface area (Å²) in [6.45, 7) is 5.47. The number of rotatable bonds is 8. The fourth-order valence-electron chi connectivity index (χ4n) is 3.14. The van der Waals surface area contributed by atoms with Crippen LogP contribution < -0.4 is 5.73 Å². The largest absolute Gasteiger partial charge is 0.330 e. The Morgan fingerprint density at radius 3 is 2.62 bits per heavy atom. The van der Waals surface area contributed by atoms with Crippen LogP contribution in [0.3, 0.4) is 0 Å². The zero-order chi connectivity index (χ0) is 18.4. The van der Waals surface area contributed by atoms with Crippen molar-refractivity contribution in [3.63, 3.8) is 0 Å². The molecule has 0 spiro atoms. The van der Waals surface area contributed by atoms with Crippen molar-refractivity contribution in [2.75, 3.05) is 13.1 Å². The quantitative estimate of drug-likeness (QED) is 0.555. The van der Waals surface area contributed by atoms with Crippen molar-refractivity contribution in [2.45, 2.75) is 32.9 Å². The monoisotopic (exact) mass is 412 g/mol. The van der Waals surface area contributed by atoms with Crippen molar-refractivity contribution in [3.8, 4) is 0 Å². The van der Waals surface area contributed by atoms with E-state index in [1.54, 1.807) is 0 Å². The van der Waals surface area contributed by atoms with Crippen molar-refractivity contribution in [1.29, 1.82) is 0 Å². The summed E-state index contributed by atoms with van der Waals surface area (Å²) in [5.41, 5.74) is 9.15. The van der Waals surface area contributed by atoms with Crippen LogP contribution in [-0.2, 0) is 13.1 Å². The zero-order valence-electron chi connectivity index (χ0n) is 15.2. The first-order valence-corrected chi connectivity index (χ1v) is 9.83. The number of aromatic nitrogens is 2. The third-order valence-electron chi connectivity index (χ3n) is 4.60. The van der Waals surface area contributed by atoms with E-state index >= 15 is 0 Å². The minimum atomic E-state index is 0.733. The smallest absolute Gasteiger partial charge is 0.0622 e. The maximum atomic E-state index is 5.68. The molecular weight excluding hydrogens is 388 g/mol. The van der Waals surface area contributed by atoms with Gasteiger partial charge in [0, 0.05) is 35.3 Å². The van der Waals surface area contributed by atoms with Gasteiger partial charge in [-0.15, -0.1) is 0 Å². The number of unbranched alkanes of at least 4 members (excludes halogenated alkanes) is 1. The Kier molecular flexibility index (Phi) is 6.72. The number of nitrogens with zero attached hydrogens (tertiary/aromatic N) is 3. The van der Waals surface area contributed by atoms with E-state index in [0.717, 1.165) is 54.9 Å². The Morgan fingerprint density at radius 1 is 1.00 bits per heavy atom. The molecule has 0 atom stereocenters. The highest BCUT2D eigenvalue weighted by atomic mass is 79.9. The van der Waals surface area contributed by atoms with Crippen LogP contribution >= 0.6 is 15.9 Å². The van der Waals surface area contributed by atoms with E-state index in [0.29, 0.717) is 0 Å². The van der Waals surface area contributed by atoms with Gasteiger partial charge in [-0.3, -0.25) is 14.9 Å². The molecule has 3 rings (SSSR count). The number of nitrogens with two attached hydrogens (primary N) is 1. The molecule has 0 amide bonds. The molecule has 0 saturated heterocycles. The van der Waals surface area contributed by atoms with Gasteiger partial charge in [0.25, 0.3) is 0 Å². The Labute approximate surface area is 163 Å². The Balaban J connectivity index is 1.84. The van der Waals surface area contributed by atoms with E-state index in [1.807, 2.05) is 18.5 Å². The molecule has 2 aromatic heterocycles. The number of hydrogen-bond acceptors (Lipinski definition) is 4. The van der Waals surface area contributed by atoms with Gasteiger partial charge in [-0.05, 0) is 68.1 Å². The molecule has 0 radical (unpaired) electrons. The molecule has 2 N–H and O–H groups in total. The molecule has 0 fully saturated rings. The zero-order valence-corrected chi connectivity index (χ0v) is 16.7. The molecule has 2 heterocycles. The van der Waals surface area contributed by atoms with E-state index in [4.69, 9.17) is 5.73 Å². The van der Waals surface area contributed by atoms with Crippen LogP contribution in [0.15, 0.2) is 53.3 Å². The lowest BCUT2D eigenvalue weighted by molar-refractivity contribution is 0.246. The summed E-state index contributed by atoms with van der Waals surface area (Å²) in [6.07, 6.45) is 5.88. The first-order chi connectivity index (χ1) is 12.7. The second-order valence-corrected chi connectivity index (χ2v) is 7.51. The SMILES string of the molecule is Cc1cccnc1CN(CCCCN)Cc1nccc2cc(Br)ccc12. The summed E-state index contributed by atoms with van der Waals surface area (Å²) >= 11 is 3.55. The minimum Gasteiger partial charge on any atom is -0.330 e. The maximum absolute atomic E-state index is 5.68. The summed E-state index contributed by atoms with van der Waals surface area (Å²) in [5.74, 6) is 0. The van der Waals surface area contributed by atoms with Gasteiger partial charge in [0.1, 0.15) is 0 Å². The maximum Gasteiger partial charge on any atom is 0.0622 e. The van der Waals surface area contributed by atoms with Gasteiger partial charge >= 0.3 is 0 Å². The molecule has 0 aliphatic carbocycles. The molecule has 0 aliphatic rings. The number of hydrogen-bond donors (Lipinski definition) is 1. The highest BCUT2D eigenvalue weighted by Gasteiger charge is 2.12. The Morgan fingerprint density at radius 2 is 1.81 bits per heavy atom. The number of aryl methyl sites for hydroxylation is 1. The first kappa shape index (κ1) is 19.0. The Hall–Kier alpha value is -1.82. The molecule has 5 heteroatoms. The van der Waals surface area contributed by atoms with Crippen LogP contribution in [0.5, 0.6) is 0 Å². The van der Waals surface area contributed by atoms with Crippen molar-refractivity contribution in [1.82, 2.24) is 14.9 Å². The average Bonchev–Trinajstić information content (AvgIpc) is 2.63. The third-order valence-corrected chi connectivity index (χ3v) is 5.10. The van der Waals surface area contributed by atoms with Crippen LogP contribution in [-0.4, -0.2) is 28.0 Å². The van der Waals surface area contributed by atoms with Gasteiger partial charge in [0.15, 0.2) is 0 Å². The molecule has 0 saturated carbocycles. The molecule has 0 unspecified atom stereocenters. The first-order valence-electron chi connectivity index (χ1n) is 9.03. The van der Waals surface area contributed by atoms with Crippen LogP contribution in [0.1, 0.15) is 29.8 Å². The average molecular weight is 413 g/mol. The molecular formula is C21H25BrN4. The summed E-state index contributed by atoms with van der Waals surface area (Å²) in [5, 5.41) is 2.41. The minimum absolute atomic E-state index is 0.733. The van der Waals surface area contributed by atoms with Crippen molar-refractivity contribution in [2.24, 2.45) is 5.73 Å². The van der Waals surface area contributed by atoms with Gasteiger partial charge in [-0.2, -0.15) is 0 Å². The van der Waals surface area contributed by atoms with E-state index < -0.39 is 0 Å². The number of benzene rings is 1.